The van der Waals surface area contributed by atoms with Gasteiger partial charge in [0.25, 0.3) is 0 Å². The normalized spacial score (nSPS) is 10.8. The van der Waals surface area contributed by atoms with Crippen molar-refractivity contribution in [2.75, 3.05) is 13.1 Å². The lowest BCUT2D eigenvalue weighted by atomic mass is 10.1. The van der Waals surface area contributed by atoms with Gasteiger partial charge in [0.2, 0.25) is 0 Å². The summed E-state index contributed by atoms with van der Waals surface area (Å²) in [5.74, 6) is 0.0375. The van der Waals surface area contributed by atoms with Crippen molar-refractivity contribution in [1.82, 2.24) is 5.32 Å². The Morgan fingerprint density at radius 1 is 1.53 bits per heavy atom. The Morgan fingerprint density at radius 2 is 2.21 bits per heavy atom. The molecule has 19 heavy (non-hydrogen) atoms. The molecule has 0 amide bonds. The topological polar surface area (TPSA) is 50.4 Å². The van der Waals surface area contributed by atoms with Gasteiger partial charge in [-0.3, -0.25) is 0 Å². The molecule has 0 fully saturated rings. The third-order valence-corrected chi connectivity index (χ3v) is 2.59. The lowest BCUT2D eigenvalue weighted by Crippen LogP contribution is -2.33. The fraction of sp³-hybridized carbons (Fsp3) is 0.308. The summed E-state index contributed by atoms with van der Waals surface area (Å²) in [5.41, 5.74) is 7.47. The summed E-state index contributed by atoms with van der Waals surface area (Å²) in [6.45, 7) is 6.72. The Hall–Kier alpha value is -0.820. The molecule has 3 N–H and O–H groups in total. The summed E-state index contributed by atoms with van der Waals surface area (Å²) in [7, 11) is 0. The maximum absolute atomic E-state index is 12.8. The highest BCUT2D eigenvalue weighted by molar-refractivity contribution is 14.0. The van der Waals surface area contributed by atoms with Crippen molar-refractivity contribution < 1.29 is 4.39 Å². The molecule has 106 valence electrons. The van der Waals surface area contributed by atoms with Crippen LogP contribution in [0.25, 0.3) is 0 Å². The van der Waals surface area contributed by atoms with E-state index in [0.29, 0.717) is 30.5 Å². The molecule has 0 spiro atoms. The SMILES string of the molecule is C=C(C)CN=C(N)NCCc1ccc(F)cc1Cl.I. The summed E-state index contributed by atoms with van der Waals surface area (Å²) < 4.78 is 12.8. The molecule has 3 nitrogen and oxygen atoms in total. The third-order valence-electron chi connectivity index (χ3n) is 2.23. The molecule has 0 aliphatic rings. The number of nitrogens with one attached hydrogen (secondary N) is 1. The van der Waals surface area contributed by atoms with Crippen LogP contribution >= 0.6 is 35.6 Å². The number of aliphatic imine (C=N–C) groups is 1. The molecule has 0 saturated heterocycles. The van der Waals surface area contributed by atoms with Gasteiger partial charge >= 0.3 is 0 Å². The first-order valence-corrected chi connectivity index (χ1v) is 5.99. The van der Waals surface area contributed by atoms with Gasteiger partial charge in [0.05, 0.1) is 6.54 Å². The number of hydrogen-bond donors (Lipinski definition) is 2. The first-order chi connectivity index (χ1) is 8.49. The summed E-state index contributed by atoms with van der Waals surface area (Å²) in [6, 6.07) is 4.36. The largest absolute Gasteiger partial charge is 0.370 e. The van der Waals surface area contributed by atoms with Crippen molar-refractivity contribution in [2.45, 2.75) is 13.3 Å². The van der Waals surface area contributed by atoms with Crippen molar-refractivity contribution in [1.29, 1.82) is 0 Å². The predicted octanol–water partition coefficient (Wildman–Crippen LogP) is 3.12. The predicted molar refractivity (Wildman–Crippen MR) is 89.8 cm³/mol. The quantitative estimate of drug-likeness (QED) is 0.347. The van der Waals surface area contributed by atoms with Gasteiger partial charge in [-0.05, 0) is 31.0 Å². The van der Waals surface area contributed by atoms with E-state index < -0.39 is 0 Å². The molecule has 0 saturated carbocycles. The van der Waals surface area contributed by atoms with Crippen molar-refractivity contribution in [3.05, 3.63) is 46.8 Å². The van der Waals surface area contributed by atoms with E-state index in [4.69, 9.17) is 17.3 Å². The van der Waals surface area contributed by atoms with Crippen LogP contribution in [-0.2, 0) is 6.42 Å². The molecule has 0 radical (unpaired) electrons. The summed E-state index contributed by atoms with van der Waals surface area (Å²) in [6.07, 6.45) is 0.655. The highest BCUT2D eigenvalue weighted by atomic mass is 127. The highest BCUT2D eigenvalue weighted by Crippen LogP contribution is 2.17. The number of rotatable bonds is 5. The second kappa shape index (κ2) is 9.14. The van der Waals surface area contributed by atoms with Crippen molar-refractivity contribution in [3.8, 4) is 0 Å². The van der Waals surface area contributed by atoms with Gasteiger partial charge in [0.15, 0.2) is 5.96 Å². The Bertz CT molecular complexity index is 463. The molecule has 6 heteroatoms. The van der Waals surface area contributed by atoms with Crippen LogP contribution in [-0.4, -0.2) is 19.0 Å². The number of hydrogen-bond acceptors (Lipinski definition) is 1. The van der Waals surface area contributed by atoms with Gasteiger partial charge in [-0.15, -0.1) is 24.0 Å². The minimum atomic E-state index is -0.334. The minimum absolute atomic E-state index is 0. The van der Waals surface area contributed by atoms with Crippen LogP contribution < -0.4 is 11.1 Å². The van der Waals surface area contributed by atoms with Crippen LogP contribution in [0, 0.1) is 5.82 Å². The summed E-state index contributed by atoms with van der Waals surface area (Å²) in [5, 5.41) is 3.39. The first kappa shape index (κ1) is 18.2. The zero-order chi connectivity index (χ0) is 13.5. The Morgan fingerprint density at radius 3 is 2.79 bits per heavy atom. The molecule has 0 aliphatic heterocycles. The second-order valence-corrected chi connectivity index (χ2v) is 4.48. The number of guanidine groups is 1. The maximum atomic E-state index is 12.8. The van der Waals surface area contributed by atoms with Gasteiger partial charge in [-0.2, -0.15) is 0 Å². The van der Waals surface area contributed by atoms with Crippen LogP contribution in [0.3, 0.4) is 0 Å². The molecule has 0 aliphatic carbocycles. The number of nitrogens with two attached hydrogens (primary N) is 1. The van der Waals surface area contributed by atoms with E-state index in [2.05, 4.69) is 16.9 Å². The van der Waals surface area contributed by atoms with Crippen molar-refractivity contribution in [2.24, 2.45) is 10.7 Å². The molecule has 0 bridgehead atoms. The summed E-state index contributed by atoms with van der Waals surface area (Å²) in [4.78, 5) is 4.08. The van der Waals surface area contributed by atoms with E-state index in [0.717, 1.165) is 11.1 Å². The molecular weight excluding hydrogens is 380 g/mol. The molecule has 1 rings (SSSR count). The smallest absolute Gasteiger partial charge is 0.188 e. The van der Waals surface area contributed by atoms with Gasteiger partial charge in [-0.1, -0.05) is 29.8 Å². The third kappa shape index (κ3) is 7.37. The Kier molecular flexibility index (Phi) is 8.75. The van der Waals surface area contributed by atoms with Gasteiger partial charge in [0.1, 0.15) is 5.82 Å². The van der Waals surface area contributed by atoms with E-state index in [1.165, 1.54) is 12.1 Å². The van der Waals surface area contributed by atoms with Crippen molar-refractivity contribution in [3.63, 3.8) is 0 Å². The maximum Gasteiger partial charge on any atom is 0.188 e. The standard InChI is InChI=1S/C13H17ClFN3.HI/c1-9(2)8-18-13(16)17-6-5-10-3-4-11(15)7-12(10)14;/h3-4,7H,1,5-6,8H2,2H3,(H3,16,17,18);1H. The molecule has 0 heterocycles. The van der Waals surface area contributed by atoms with Crippen LogP contribution in [0.2, 0.25) is 5.02 Å². The van der Waals surface area contributed by atoms with E-state index in [1.807, 2.05) is 6.92 Å². The number of benzene rings is 1. The fourth-order valence-electron chi connectivity index (χ4n) is 1.33. The minimum Gasteiger partial charge on any atom is -0.370 e. The average Bonchev–Trinajstić information content (AvgIpc) is 2.29. The molecule has 0 atom stereocenters. The zero-order valence-corrected chi connectivity index (χ0v) is 13.8. The number of nitrogens with zero attached hydrogens (tertiary/aromatic N) is 1. The zero-order valence-electron chi connectivity index (χ0n) is 10.7. The Labute approximate surface area is 135 Å². The van der Waals surface area contributed by atoms with Crippen LogP contribution in [0.4, 0.5) is 4.39 Å². The van der Waals surface area contributed by atoms with Crippen LogP contribution in [0.15, 0.2) is 35.3 Å². The second-order valence-electron chi connectivity index (χ2n) is 4.07. The fourth-order valence-corrected chi connectivity index (χ4v) is 1.59. The molecule has 0 aromatic heterocycles. The molecular formula is C13H18ClFIN3. The van der Waals surface area contributed by atoms with E-state index >= 15 is 0 Å². The van der Waals surface area contributed by atoms with Gasteiger partial charge < -0.3 is 11.1 Å². The lowest BCUT2D eigenvalue weighted by molar-refractivity contribution is 0.627. The first-order valence-electron chi connectivity index (χ1n) is 5.61. The monoisotopic (exact) mass is 397 g/mol. The Balaban J connectivity index is 0.00000324. The highest BCUT2D eigenvalue weighted by Gasteiger charge is 2.01. The number of halogens is 3. The summed E-state index contributed by atoms with van der Waals surface area (Å²) >= 11 is 5.91. The van der Waals surface area contributed by atoms with Crippen molar-refractivity contribution >= 4 is 41.5 Å². The average molecular weight is 398 g/mol. The lowest BCUT2D eigenvalue weighted by Gasteiger charge is -2.07. The van der Waals surface area contributed by atoms with E-state index in [9.17, 15) is 4.39 Å². The van der Waals surface area contributed by atoms with E-state index in [-0.39, 0.29) is 29.8 Å². The van der Waals surface area contributed by atoms with Gasteiger partial charge in [-0.25, -0.2) is 9.38 Å². The molecule has 0 unspecified atom stereocenters. The molecule has 1 aromatic rings. The molecule has 1 aromatic carbocycles. The van der Waals surface area contributed by atoms with E-state index in [1.54, 1.807) is 6.07 Å². The van der Waals surface area contributed by atoms with Crippen LogP contribution in [0.5, 0.6) is 0 Å². The van der Waals surface area contributed by atoms with Crippen LogP contribution in [0.1, 0.15) is 12.5 Å². The van der Waals surface area contributed by atoms with Gasteiger partial charge in [0, 0.05) is 11.6 Å².